The number of carbonyl (C=O) groups is 1. The highest BCUT2D eigenvalue weighted by molar-refractivity contribution is 7.80. The molecule has 0 bridgehead atoms. The summed E-state index contributed by atoms with van der Waals surface area (Å²) in [6, 6.07) is 21.5. The molecule has 2 aromatic heterocycles. The number of carbonyl (C=O) groups excluding carboxylic acids is 1. The second-order valence-corrected chi connectivity index (χ2v) is 9.15. The van der Waals surface area contributed by atoms with Gasteiger partial charge in [-0.15, -0.1) is 0 Å². The van der Waals surface area contributed by atoms with Crippen LogP contribution in [0, 0.1) is 12.7 Å². The number of aryl methyl sites for hydroxylation is 1. The van der Waals surface area contributed by atoms with Crippen LogP contribution in [0.1, 0.15) is 29.0 Å². The molecule has 1 aliphatic rings. The molecule has 2 atom stereocenters. The Hall–Kier alpha value is -4.08. The van der Waals surface area contributed by atoms with Gasteiger partial charge in [0.2, 0.25) is 5.91 Å². The largest absolute Gasteiger partial charge is 0.375 e. The van der Waals surface area contributed by atoms with Gasteiger partial charge in [-0.3, -0.25) is 9.78 Å². The van der Waals surface area contributed by atoms with Gasteiger partial charge in [-0.25, -0.2) is 4.39 Å². The van der Waals surface area contributed by atoms with Crippen molar-refractivity contribution in [1.82, 2.24) is 14.9 Å². The maximum atomic E-state index is 14.1. The lowest BCUT2D eigenvalue weighted by atomic mass is 10.00. The Morgan fingerprint density at radius 2 is 1.97 bits per heavy atom. The lowest BCUT2D eigenvalue weighted by Crippen LogP contribution is -2.30. The molecule has 4 aromatic rings. The summed E-state index contributed by atoms with van der Waals surface area (Å²) in [5, 5.41) is 6.86. The normalized spacial score (nSPS) is 17.1. The summed E-state index contributed by atoms with van der Waals surface area (Å²) in [4.78, 5) is 18.7. The smallest absolute Gasteiger partial charge is 0.250 e. The van der Waals surface area contributed by atoms with E-state index in [4.69, 9.17) is 17.0 Å². The van der Waals surface area contributed by atoms with E-state index in [1.165, 1.54) is 19.2 Å². The highest BCUT2D eigenvalue weighted by Gasteiger charge is 2.42. The van der Waals surface area contributed by atoms with Gasteiger partial charge >= 0.3 is 0 Å². The summed E-state index contributed by atoms with van der Waals surface area (Å²) in [5.74, 6) is -0.533. The van der Waals surface area contributed by atoms with Crippen LogP contribution in [0.25, 0.3) is 5.69 Å². The number of hydrogen-bond acceptors (Lipinski definition) is 4. The Labute approximate surface area is 219 Å². The van der Waals surface area contributed by atoms with Crippen molar-refractivity contribution in [3.63, 3.8) is 0 Å². The van der Waals surface area contributed by atoms with Gasteiger partial charge in [-0.1, -0.05) is 12.1 Å². The van der Waals surface area contributed by atoms with Crippen molar-refractivity contribution >= 4 is 34.6 Å². The van der Waals surface area contributed by atoms with Crippen molar-refractivity contribution < 1.29 is 13.9 Å². The van der Waals surface area contributed by atoms with E-state index < -0.39 is 0 Å². The molecule has 2 aromatic carbocycles. The molecule has 0 spiro atoms. The molecular weight excluding hydrogens is 489 g/mol. The summed E-state index contributed by atoms with van der Waals surface area (Å²) in [6.07, 6.45) is 3.67. The number of rotatable bonds is 7. The van der Waals surface area contributed by atoms with E-state index in [1.54, 1.807) is 12.3 Å². The molecule has 0 aliphatic carbocycles. The molecule has 3 heterocycles. The van der Waals surface area contributed by atoms with Gasteiger partial charge in [0.05, 0.1) is 11.7 Å². The topological polar surface area (TPSA) is 71.4 Å². The monoisotopic (exact) mass is 515 g/mol. The fourth-order valence-electron chi connectivity index (χ4n) is 4.68. The van der Waals surface area contributed by atoms with Crippen molar-refractivity contribution in [3.05, 3.63) is 108 Å². The Morgan fingerprint density at radius 1 is 1.11 bits per heavy atom. The first kappa shape index (κ1) is 24.6. The number of thiocarbonyl (C=S) groups is 1. The Morgan fingerprint density at radius 3 is 2.70 bits per heavy atom. The minimum Gasteiger partial charge on any atom is -0.375 e. The van der Waals surface area contributed by atoms with Crippen LogP contribution >= 0.6 is 12.2 Å². The Kier molecular flexibility index (Phi) is 6.98. The third-order valence-corrected chi connectivity index (χ3v) is 6.62. The Bertz CT molecular complexity index is 1440. The first-order chi connectivity index (χ1) is 18.0. The summed E-state index contributed by atoms with van der Waals surface area (Å²) in [6.45, 7) is 1.91. The number of aromatic nitrogens is 2. The zero-order valence-electron chi connectivity index (χ0n) is 20.4. The van der Waals surface area contributed by atoms with E-state index in [0.29, 0.717) is 16.5 Å². The van der Waals surface area contributed by atoms with Crippen molar-refractivity contribution in [1.29, 1.82) is 0 Å². The first-order valence-corrected chi connectivity index (χ1v) is 12.2. The van der Waals surface area contributed by atoms with Gasteiger partial charge in [0.1, 0.15) is 18.5 Å². The number of methoxy groups -OCH3 is 1. The van der Waals surface area contributed by atoms with Gasteiger partial charge in [0, 0.05) is 42.3 Å². The van der Waals surface area contributed by atoms with E-state index in [-0.39, 0.29) is 30.4 Å². The standard InChI is InChI=1S/C28H26FN5O2S/c1-18-15-21(11-12-22(18)31-25(35)17-36-2)34-27(26(32-28(34)37)23-9-3-4-13-30-23)24-10-6-14-33(24)20-8-5-7-19(29)16-20/h3-16,26-27H,17H2,1-2H3,(H,31,35)(H,32,37)/t26-,27-/m1/s1. The van der Waals surface area contributed by atoms with Crippen molar-refractivity contribution in [2.75, 3.05) is 23.9 Å². The maximum absolute atomic E-state index is 14.1. The molecule has 37 heavy (non-hydrogen) atoms. The third-order valence-electron chi connectivity index (χ3n) is 6.31. The zero-order chi connectivity index (χ0) is 25.9. The molecule has 188 valence electrons. The molecule has 1 saturated heterocycles. The molecule has 5 rings (SSSR count). The number of amides is 1. The van der Waals surface area contributed by atoms with Crippen molar-refractivity contribution in [3.8, 4) is 5.69 Å². The number of nitrogens with one attached hydrogen (secondary N) is 2. The fourth-order valence-corrected chi connectivity index (χ4v) is 5.03. The van der Waals surface area contributed by atoms with Gasteiger partial charge in [-0.2, -0.15) is 0 Å². The molecule has 0 radical (unpaired) electrons. The van der Waals surface area contributed by atoms with E-state index in [9.17, 15) is 9.18 Å². The molecule has 1 amide bonds. The summed E-state index contributed by atoms with van der Waals surface area (Å²) >= 11 is 5.84. The van der Waals surface area contributed by atoms with E-state index in [2.05, 4.69) is 15.6 Å². The van der Waals surface area contributed by atoms with Crippen molar-refractivity contribution in [2.45, 2.75) is 19.0 Å². The molecule has 0 unspecified atom stereocenters. The van der Waals surface area contributed by atoms with Crippen LogP contribution in [-0.2, 0) is 9.53 Å². The van der Waals surface area contributed by atoms with Crippen LogP contribution in [-0.4, -0.2) is 34.3 Å². The average Bonchev–Trinajstić information content (AvgIpc) is 3.50. The van der Waals surface area contributed by atoms with Gasteiger partial charge in [0.15, 0.2) is 5.11 Å². The molecule has 1 fully saturated rings. The summed E-state index contributed by atoms with van der Waals surface area (Å²) < 4.78 is 21.0. The van der Waals surface area contributed by atoms with Crippen LogP contribution < -0.4 is 15.5 Å². The minimum atomic E-state index is -0.308. The van der Waals surface area contributed by atoms with E-state index in [1.807, 2.05) is 77.2 Å². The molecule has 2 N–H and O–H groups in total. The second kappa shape index (κ2) is 10.5. The first-order valence-electron chi connectivity index (χ1n) is 11.8. The molecular formula is C28H26FN5O2S. The molecule has 1 aliphatic heterocycles. The molecule has 0 saturated carbocycles. The van der Waals surface area contributed by atoms with Gasteiger partial charge in [-0.05, 0) is 85.4 Å². The van der Waals surface area contributed by atoms with Crippen LogP contribution in [0.4, 0.5) is 15.8 Å². The average molecular weight is 516 g/mol. The summed E-state index contributed by atoms with van der Waals surface area (Å²) in [7, 11) is 1.48. The molecule has 9 heteroatoms. The number of anilines is 2. The zero-order valence-corrected chi connectivity index (χ0v) is 21.2. The number of benzene rings is 2. The number of pyridine rings is 1. The fraction of sp³-hybridized carbons (Fsp3) is 0.179. The SMILES string of the molecule is COCC(=O)Nc1ccc(N2C(=S)N[C@H](c3ccccn3)[C@H]2c2cccn2-c2cccc(F)c2)cc1C. The highest BCUT2D eigenvalue weighted by Crippen LogP contribution is 2.42. The van der Waals surface area contributed by atoms with Crippen LogP contribution in [0.2, 0.25) is 0 Å². The lowest BCUT2D eigenvalue weighted by molar-refractivity contribution is -0.119. The maximum Gasteiger partial charge on any atom is 0.250 e. The number of halogens is 1. The summed E-state index contributed by atoms with van der Waals surface area (Å²) in [5.41, 5.74) is 4.91. The predicted molar refractivity (Wildman–Crippen MR) is 145 cm³/mol. The predicted octanol–water partition coefficient (Wildman–Crippen LogP) is 5.08. The quantitative estimate of drug-likeness (QED) is 0.335. The van der Waals surface area contributed by atoms with Gasteiger partial charge < -0.3 is 24.8 Å². The van der Waals surface area contributed by atoms with Crippen LogP contribution in [0.15, 0.2) is 85.2 Å². The van der Waals surface area contributed by atoms with Crippen LogP contribution in [0.5, 0.6) is 0 Å². The highest BCUT2D eigenvalue weighted by atomic mass is 32.1. The minimum absolute atomic E-state index is 0.0216. The molecule has 7 nitrogen and oxygen atoms in total. The third kappa shape index (κ3) is 4.96. The number of hydrogen-bond donors (Lipinski definition) is 2. The number of nitrogens with zero attached hydrogens (tertiary/aromatic N) is 3. The van der Waals surface area contributed by atoms with Gasteiger partial charge in [0.25, 0.3) is 0 Å². The lowest BCUT2D eigenvalue weighted by Gasteiger charge is -2.29. The second-order valence-electron chi connectivity index (χ2n) is 8.76. The Balaban J connectivity index is 1.59. The van der Waals surface area contributed by atoms with E-state index >= 15 is 0 Å². The van der Waals surface area contributed by atoms with Crippen LogP contribution in [0.3, 0.4) is 0 Å². The van der Waals surface area contributed by atoms with Crippen molar-refractivity contribution in [2.24, 2.45) is 0 Å². The van der Waals surface area contributed by atoms with E-state index in [0.717, 1.165) is 22.6 Å². The number of ether oxygens (including phenoxy) is 1.